The van der Waals surface area contributed by atoms with Crippen LogP contribution in [-0.4, -0.2) is 46.1 Å². The zero-order valence-electron chi connectivity index (χ0n) is 10.5. The highest BCUT2D eigenvalue weighted by Gasteiger charge is 2.20. The molecule has 0 unspecified atom stereocenters. The predicted octanol–water partition coefficient (Wildman–Crippen LogP) is 0.626. The quantitative estimate of drug-likeness (QED) is 0.596. The number of amidine groups is 1. The number of nitrogens with one attached hydrogen (secondary N) is 1. The lowest BCUT2D eigenvalue weighted by Crippen LogP contribution is -2.28. The van der Waals surface area contributed by atoms with Crippen molar-refractivity contribution >= 4 is 29.1 Å². The topological polar surface area (TPSA) is 118 Å². The number of β-amino-alcohol motifs (C(OH)–C–C–N with tert-alkyl or cyclic N) is 1. The molecule has 0 atom stereocenters. The number of aryl methyl sites for hydroxylation is 1. The Morgan fingerprint density at radius 1 is 1.47 bits per heavy atom. The van der Waals surface area contributed by atoms with E-state index in [0.717, 1.165) is 0 Å². The van der Waals surface area contributed by atoms with Crippen LogP contribution in [0.4, 0.5) is 11.4 Å². The van der Waals surface area contributed by atoms with Crippen LogP contribution in [0.2, 0.25) is 0 Å². The molecule has 0 aromatic heterocycles. The fourth-order valence-electron chi connectivity index (χ4n) is 1.65. The van der Waals surface area contributed by atoms with Gasteiger partial charge in [-0.1, -0.05) is 0 Å². The van der Waals surface area contributed by atoms with Crippen molar-refractivity contribution in [1.82, 2.24) is 5.01 Å². The Morgan fingerprint density at radius 3 is 2.89 bits per heavy atom. The van der Waals surface area contributed by atoms with E-state index in [-0.39, 0.29) is 24.7 Å². The van der Waals surface area contributed by atoms with Crippen LogP contribution in [0.5, 0.6) is 5.75 Å². The number of aliphatic imine (C=N–C) groups is 1. The summed E-state index contributed by atoms with van der Waals surface area (Å²) >= 11 is 0. The zero-order valence-corrected chi connectivity index (χ0v) is 10.5. The second kappa shape index (κ2) is 5.07. The number of aromatic hydroxyl groups is 1. The number of nitrogen functional groups attached to an aromatic ring is 1. The van der Waals surface area contributed by atoms with E-state index >= 15 is 0 Å². The fraction of sp³-hybridized carbons (Fsp3) is 0.250. The SMILES string of the molecule is Cc1cc(N=C2C=NN(CCO)C2=N)c(N)cc1O. The van der Waals surface area contributed by atoms with Crippen molar-refractivity contribution in [1.29, 1.82) is 5.41 Å². The Kier molecular flexibility index (Phi) is 3.48. The maximum atomic E-state index is 9.52. The first kappa shape index (κ1) is 13.0. The molecule has 2 rings (SSSR count). The number of anilines is 1. The van der Waals surface area contributed by atoms with Crippen LogP contribution in [0, 0.1) is 12.3 Å². The Balaban J connectivity index is 2.31. The number of rotatable bonds is 3. The molecule has 0 fully saturated rings. The summed E-state index contributed by atoms with van der Waals surface area (Å²) in [5.74, 6) is 0.220. The number of phenols is 1. The summed E-state index contributed by atoms with van der Waals surface area (Å²) in [5, 5.41) is 31.5. The zero-order chi connectivity index (χ0) is 14.0. The summed E-state index contributed by atoms with van der Waals surface area (Å²) in [4.78, 5) is 4.26. The average molecular weight is 261 g/mol. The Bertz CT molecular complexity index is 580. The maximum absolute atomic E-state index is 9.52. The van der Waals surface area contributed by atoms with Crippen LogP contribution in [0.1, 0.15) is 5.56 Å². The second-order valence-corrected chi connectivity index (χ2v) is 4.13. The standard InChI is InChI=1S/C12H15N5O2/c1-7-4-9(8(13)5-11(7)19)16-10-6-15-17(2-3-18)12(10)14/h4-6,14,18-19H,2-3,13H2,1H3. The number of hydrogen-bond donors (Lipinski definition) is 4. The lowest BCUT2D eigenvalue weighted by atomic mass is 10.1. The number of aliphatic hydroxyl groups excluding tert-OH is 1. The summed E-state index contributed by atoms with van der Waals surface area (Å²) in [5.41, 5.74) is 7.60. The summed E-state index contributed by atoms with van der Waals surface area (Å²) in [7, 11) is 0. The van der Waals surface area contributed by atoms with E-state index < -0.39 is 0 Å². The normalized spacial score (nSPS) is 16.6. The van der Waals surface area contributed by atoms with Crippen molar-refractivity contribution < 1.29 is 10.2 Å². The van der Waals surface area contributed by atoms with E-state index in [1.54, 1.807) is 13.0 Å². The molecule has 0 bridgehead atoms. The van der Waals surface area contributed by atoms with E-state index in [1.165, 1.54) is 17.3 Å². The molecule has 0 aliphatic carbocycles. The lowest BCUT2D eigenvalue weighted by molar-refractivity contribution is 0.255. The summed E-state index contributed by atoms with van der Waals surface area (Å²) < 4.78 is 0. The van der Waals surface area contributed by atoms with Crippen molar-refractivity contribution in [2.75, 3.05) is 18.9 Å². The first-order valence-electron chi connectivity index (χ1n) is 5.72. The van der Waals surface area contributed by atoms with Crippen molar-refractivity contribution in [3.8, 4) is 5.75 Å². The first-order valence-corrected chi connectivity index (χ1v) is 5.72. The first-order chi connectivity index (χ1) is 9.02. The molecule has 0 saturated heterocycles. The number of hydrogen-bond acceptors (Lipinski definition) is 6. The number of aliphatic hydroxyl groups is 1. The minimum Gasteiger partial charge on any atom is -0.508 e. The highest BCUT2D eigenvalue weighted by Crippen LogP contribution is 2.30. The fourth-order valence-corrected chi connectivity index (χ4v) is 1.65. The van der Waals surface area contributed by atoms with Crippen LogP contribution in [-0.2, 0) is 0 Å². The highest BCUT2D eigenvalue weighted by atomic mass is 16.3. The number of benzene rings is 1. The van der Waals surface area contributed by atoms with Crippen LogP contribution >= 0.6 is 0 Å². The second-order valence-electron chi connectivity index (χ2n) is 4.13. The van der Waals surface area contributed by atoms with Gasteiger partial charge in [0.15, 0.2) is 5.84 Å². The molecule has 1 aromatic rings. The van der Waals surface area contributed by atoms with Gasteiger partial charge in [-0.15, -0.1) is 0 Å². The smallest absolute Gasteiger partial charge is 0.169 e. The van der Waals surface area contributed by atoms with Gasteiger partial charge in [0.05, 0.1) is 30.7 Å². The molecule has 1 heterocycles. The van der Waals surface area contributed by atoms with Crippen LogP contribution < -0.4 is 5.73 Å². The van der Waals surface area contributed by atoms with E-state index in [9.17, 15) is 5.11 Å². The molecule has 7 nitrogen and oxygen atoms in total. The van der Waals surface area contributed by atoms with Gasteiger partial charge in [0, 0.05) is 6.07 Å². The summed E-state index contributed by atoms with van der Waals surface area (Å²) in [6.45, 7) is 1.90. The minimum absolute atomic E-state index is 0.0898. The molecule has 1 aliphatic heterocycles. The Morgan fingerprint density at radius 2 is 2.21 bits per heavy atom. The molecule has 1 aromatic carbocycles. The van der Waals surface area contributed by atoms with Crippen LogP contribution in [0.25, 0.3) is 0 Å². The van der Waals surface area contributed by atoms with Crippen molar-refractivity contribution in [3.63, 3.8) is 0 Å². The molecule has 19 heavy (non-hydrogen) atoms. The third-order valence-corrected chi connectivity index (χ3v) is 2.72. The van der Waals surface area contributed by atoms with Gasteiger partial charge in [-0.3, -0.25) is 5.41 Å². The number of hydrazone groups is 1. The molecule has 0 saturated carbocycles. The number of phenolic OH excluding ortho intramolecular Hbond substituents is 1. The molecular formula is C12H15N5O2. The van der Waals surface area contributed by atoms with Gasteiger partial charge in [0.25, 0.3) is 0 Å². The molecule has 100 valence electrons. The molecular weight excluding hydrogens is 246 g/mol. The molecule has 0 spiro atoms. The van der Waals surface area contributed by atoms with Crippen molar-refractivity contribution in [3.05, 3.63) is 17.7 Å². The van der Waals surface area contributed by atoms with Gasteiger partial charge < -0.3 is 15.9 Å². The maximum Gasteiger partial charge on any atom is 0.169 e. The Labute approximate surface area is 110 Å². The van der Waals surface area contributed by atoms with Gasteiger partial charge in [-0.05, 0) is 18.6 Å². The van der Waals surface area contributed by atoms with E-state index in [4.69, 9.17) is 16.2 Å². The van der Waals surface area contributed by atoms with Gasteiger partial charge in [-0.2, -0.15) is 5.10 Å². The Hall–Kier alpha value is -2.41. The van der Waals surface area contributed by atoms with E-state index in [2.05, 4.69) is 10.1 Å². The van der Waals surface area contributed by atoms with E-state index in [1.807, 2.05) is 0 Å². The molecule has 5 N–H and O–H groups in total. The predicted molar refractivity (Wildman–Crippen MR) is 74.4 cm³/mol. The van der Waals surface area contributed by atoms with Crippen LogP contribution in [0.15, 0.2) is 22.2 Å². The average Bonchev–Trinajstić information content (AvgIpc) is 2.69. The minimum atomic E-state index is -0.0898. The molecule has 1 aliphatic rings. The van der Waals surface area contributed by atoms with Gasteiger partial charge >= 0.3 is 0 Å². The van der Waals surface area contributed by atoms with Crippen molar-refractivity contribution in [2.45, 2.75) is 6.92 Å². The molecule has 0 amide bonds. The number of nitrogens with two attached hydrogens (primary N) is 1. The van der Waals surface area contributed by atoms with E-state index in [0.29, 0.717) is 22.6 Å². The van der Waals surface area contributed by atoms with Gasteiger partial charge in [0.2, 0.25) is 0 Å². The monoisotopic (exact) mass is 261 g/mol. The van der Waals surface area contributed by atoms with Gasteiger partial charge in [-0.25, -0.2) is 10.0 Å². The lowest BCUT2D eigenvalue weighted by Gasteiger charge is -2.11. The van der Waals surface area contributed by atoms with Crippen molar-refractivity contribution in [2.24, 2.45) is 10.1 Å². The third-order valence-electron chi connectivity index (χ3n) is 2.72. The number of nitrogens with zero attached hydrogens (tertiary/aromatic N) is 3. The van der Waals surface area contributed by atoms with Gasteiger partial charge in [0.1, 0.15) is 11.5 Å². The van der Waals surface area contributed by atoms with Crippen LogP contribution in [0.3, 0.4) is 0 Å². The largest absolute Gasteiger partial charge is 0.508 e. The molecule has 0 radical (unpaired) electrons. The summed E-state index contributed by atoms with van der Waals surface area (Å²) in [6, 6.07) is 3.07. The third kappa shape index (κ3) is 2.55. The molecule has 7 heteroatoms. The highest BCUT2D eigenvalue weighted by molar-refractivity contribution is 6.63. The summed E-state index contributed by atoms with van der Waals surface area (Å²) in [6.07, 6.45) is 1.44.